The lowest BCUT2D eigenvalue weighted by Crippen LogP contribution is -2.48. The van der Waals surface area contributed by atoms with Crippen molar-refractivity contribution in [3.8, 4) is 0 Å². The number of nitro benzene ring substituents is 1. The van der Waals surface area contributed by atoms with Crippen LogP contribution in [0.5, 0.6) is 0 Å². The van der Waals surface area contributed by atoms with Gasteiger partial charge in [-0.1, -0.05) is 0 Å². The van der Waals surface area contributed by atoms with Crippen LogP contribution >= 0.6 is 0 Å². The molecule has 1 amide bonds. The molecule has 0 N–H and O–H groups in total. The maximum atomic E-state index is 12.3. The van der Waals surface area contributed by atoms with Gasteiger partial charge >= 0.3 is 5.97 Å². The number of rotatable bonds is 4. The number of esters is 1. The molecular weight excluding hydrogens is 342 g/mol. The molecule has 2 aromatic rings. The Hall–Kier alpha value is -3.36. The normalized spacial score (nSPS) is 14.2. The predicted molar refractivity (Wildman–Crippen MR) is 91.3 cm³/mol. The zero-order valence-corrected chi connectivity index (χ0v) is 14.1. The number of furan rings is 1. The first-order valence-corrected chi connectivity index (χ1v) is 7.95. The number of nitro groups is 1. The fourth-order valence-electron chi connectivity index (χ4n) is 2.88. The van der Waals surface area contributed by atoms with Crippen molar-refractivity contribution >= 4 is 23.3 Å². The molecule has 0 bridgehead atoms. The Morgan fingerprint density at radius 3 is 2.50 bits per heavy atom. The van der Waals surface area contributed by atoms with Crippen molar-refractivity contribution in [3.05, 3.63) is 58.0 Å². The van der Waals surface area contributed by atoms with Crippen LogP contribution in [0.15, 0.2) is 41.0 Å². The molecule has 0 saturated carbocycles. The third-order valence-electron chi connectivity index (χ3n) is 4.23. The number of methoxy groups -OCH3 is 1. The molecule has 1 aliphatic heterocycles. The van der Waals surface area contributed by atoms with Gasteiger partial charge in [-0.15, -0.1) is 0 Å². The Labute approximate surface area is 148 Å². The van der Waals surface area contributed by atoms with Gasteiger partial charge in [-0.2, -0.15) is 0 Å². The second-order valence-electron chi connectivity index (χ2n) is 5.71. The number of piperazine rings is 1. The molecule has 1 fully saturated rings. The van der Waals surface area contributed by atoms with Crippen LogP contribution in [0.4, 0.5) is 11.4 Å². The molecule has 26 heavy (non-hydrogen) atoms. The molecule has 3 rings (SSSR count). The van der Waals surface area contributed by atoms with E-state index in [1.807, 2.05) is 0 Å². The summed E-state index contributed by atoms with van der Waals surface area (Å²) in [5, 5.41) is 11.3. The van der Waals surface area contributed by atoms with Crippen LogP contribution in [0.1, 0.15) is 20.9 Å². The number of hydrogen-bond acceptors (Lipinski definition) is 7. The lowest BCUT2D eigenvalue weighted by atomic mass is 10.1. The summed E-state index contributed by atoms with van der Waals surface area (Å²) >= 11 is 0. The first kappa shape index (κ1) is 17.5. The third-order valence-corrected chi connectivity index (χ3v) is 4.23. The smallest absolute Gasteiger partial charge is 0.337 e. The first-order valence-electron chi connectivity index (χ1n) is 7.95. The Kier molecular flexibility index (Phi) is 4.87. The highest BCUT2D eigenvalue weighted by molar-refractivity contribution is 5.92. The van der Waals surface area contributed by atoms with E-state index in [2.05, 4.69) is 4.74 Å². The van der Waals surface area contributed by atoms with E-state index in [1.54, 1.807) is 21.9 Å². The molecule has 2 heterocycles. The van der Waals surface area contributed by atoms with Gasteiger partial charge in [-0.25, -0.2) is 4.79 Å². The van der Waals surface area contributed by atoms with Gasteiger partial charge in [0.2, 0.25) is 0 Å². The number of carbonyl (C=O) groups is 2. The fourth-order valence-corrected chi connectivity index (χ4v) is 2.88. The number of anilines is 1. The van der Waals surface area contributed by atoms with Crippen molar-refractivity contribution in [1.29, 1.82) is 0 Å². The van der Waals surface area contributed by atoms with E-state index in [0.29, 0.717) is 31.9 Å². The maximum absolute atomic E-state index is 12.3. The van der Waals surface area contributed by atoms with Gasteiger partial charge in [0.25, 0.3) is 11.6 Å². The second kappa shape index (κ2) is 7.26. The van der Waals surface area contributed by atoms with Gasteiger partial charge in [-0.05, 0) is 24.3 Å². The lowest BCUT2D eigenvalue weighted by molar-refractivity contribution is -0.384. The Morgan fingerprint density at radius 2 is 1.92 bits per heavy atom. The minimum Gasteiger partial charge on any atom is -0.465 e. The van der Waals surface area contributed by atoms with Gasteiger partial charge in [0.1, 0.15) is 5.69 Å². The Bertz CT molecular complexity index is 825. The number of ether oxygens (including phenoxy) is 1. The molecule has 1 aliphatic rings. The quantitative estimate of drug-likeness (QED) is 0.466. The summed E-state index contributed by atoms with van der Waals surface area (Å²) in [6, 6.07) is 7.35. The Balaban J connectivity index is 1.78. The molecule has 0 atom stereocenters. The third kappa shape index (κ3) is 3.37. The summed E-state index contributed by atoms with van der Waals surface area (Å²) in [5.74, 6) is -0.516. The van der Waals surface area contributed by atoms with Crippen LogP contribution in [-0.2, 0) is 4.74 Å². The molecular formula is C17H17N3O6. The summed E-state index contributed by atoms with van der Waals surface area (Å²) in [4.78, 5) is 38.3. The topological polar surface area (TPSA) is 106 Å². The Morgan fingerprint density at radius 1 is 1.19 bits per heavy atom. The van der Waals surface area contributed by atoms with Crippen LogP contribution in [-0.4, -0.2) is 55.0 Å². The van der Waals surface area contributed by atoms with Crippen molar-refractivity contribution in [3.63, 3.8) is 0 Å². The highest BCUT2D eigenvalue weighted by Crippen LogP contribution is 2.30. The molecule has 1 aromatic heterocycles. The highest BCUT2D eigenvalue weighted by Gasteiger charge is 2.28. The van der Waals surface area contributed by atoms with Gasteiger partial charge in [-0.3, -0.25) is 14.9 Å². The zero-order chi connectivity index (χ0) is 18.7. The average molecular weight is 359 g/mol. The van der Waals surface area contributed by atoms with Crippen molar-refractivity contribution in [2.75, 3.05) is 38.2 Å². The molecule has 9 nitrogen and oxygen atoms in total. The number of hydrogen-bond donors (Lipinski definition) is 0. The molecule has 0 unspecified atom stereocenters. The van der Waals surface area contributed by atoms with E-state index in [9.17, 15) is 19.7 Å². The van der Waals surface area contributed by atoms with Crippen LogP contribution < -0.4 is 4.90 Å². The second-order valence-corrected chi connectivity index (χ2v) is 5.71. The fraction of sp³-hybridized carbons (Fsp3) is 0.294. The number of carbonyl (C=O) groups excluding carboxylic acids is 2. The molecule has 1 aromatic carbocycles. The van der Waals surface area contributed by atoms with Crippen molar-refractivity contribution in [1.82, 2.24) is 4.90 Å². The number of nitrogens with zero attached hydrogens (tertiary/aromatic N) is 3. The average Bonchev–Trinajstić information content (AvgIpc) is 3.21. The summed E-state index contributed by atoms with van der Waals surface area (Å²) in [6.45, 7) is 1.58. The molecule has 0 radical (unpaired) electrons. The van der Waals surface area contributed by atoms with Crippen molar-refractivity contribution in [2.24, 2.45) is 0 Å². The standard InChI is InChI=1S/C17H17N3O6/c1-25-17(22)12-4-5-13(20(23)24)14(11-12)18-6-8-19(9-7-18)16(21)15-3-2-10-26-15/h2-5,10-11H,6-9H2,1H3. The minimum absolute atomic E-state index is 0.0940. The van der Waals surface area contributed by atoms with E-state index in [-0.39, 0.29) is 22.9 Å². The predicted octanol–water partition coefficient (Wildman–Crippen LogP) is 1.94. The van der Waals surface area contributed by atoms with E-state index in [0.717, 1.165) is 0 Å². The summed E-state index contributed by atoms with van der Waals surface area (Å²) in [7, 11) is 1.25. The maximum Gasteiger partial charge on any atom is 0.337 e. The van der Waals surface area contributed by atoms with Crippen LogP contribution in [0, 0.1) is 10.1 Å². The van der Waals surface area contributed by atoms with Gasteiger partial charge in [0, 0.05) is 32.2 Å². The van der Waals surface area contributed by atoms with Crippen LogP contribution in [0.3, 0.4) is 0 Å². The number of benzene rings is 1. The van der Waals surface area contributed by atoms with E-state index in [4.69, 9.17) is 4.42 Å². The number of amides is 1. The molecule has 0 aliphatic carbocycles. The van der Waals surface area contributed by atoms with Crippen molar-refractivity contribution in [2.45, 2.75) is 0 Å². The van der Waals surface area contributed by atoms with E-state index in [1.165, 1.54) is 31.6 Å². The summed E-state index contributed by atoms with van der Waals surface area (Å²) < 4.78 is 9.80. The summed E-state index contributed by atoms with van der Waals surface area (Å²) in [6.07, 6.45) is 1.44. The monoisotopic (exact) mass is 359 g/mol. The SMILES string of the molecule is COC(=O)c1ccc([N+](=O)[O-])c(N2CCN(C(=O)c3ccco3)CC2)c1. The zero-order valence-electron chi connectivity index (χ0n) is 14.1. The highest BCUT2D eigenvalue weighted by atomic mass is 16.6. The van der Waals surface area contributed by atoms with Crippen LogP contribution in [0.2, 0.25) is 0 Å². The first-order chi connectivity index (χ1) is 12.5. The molecule has 1 saturated heterocycles. The lowest BCUT2D eigenvalue weighted by Gasteiger charge is -2.35. The van der Waals surface area contributed by atoms with E-state index < -0.39 is 10.9 Å². The molecule has 9 heteroatoms. The largest absolute Gasteiger partial charge is 0.465 e. The van der Waals surface area contributed by atoms with Gasteiger partial charge in [0.05, 0.1) is 23.9 Å². The van der Waals surface area contributed by atoms with Gasteiger partial charge in [0.15, 0.2) is 5.76 Å². The summed E-state index contributed by atoms with van der Waals surface area (Å²) in [5.41, 5.74) is 0.480. The molecule has 0 spiro atoms. The minimum atomic E-state index is -0.562. The van der Waals surface area contributed by atoms with E-state index >= 15 is 0 Å². The molecule has 136 valence electrons. The van der Waals surface area contributed by atoms with Crippen LogP contribution in [0.25, 0.3) is 0 Å². The van der Waals surface area contributed by atoms with Crippen molar-refractivity contribution < 1.29 is 23.7 Å². The van der Waals surface area contributed by atoms with Gasteiger partial charge < -0.3 is 19.0 Å².